The molecule has 1 atom stereocenters. The summed E-state index contributed by atoms with van der Waals surface area (Å²) in [6.07, 6.45) is 2.37. The van der Waals surface area contributed by atoms with Crippen LogP contribution in [0, 0.1) is 6.92 Å². The molecular formula is C13H14N2O2S. The monoisotopic (exact) mass is 262 g/mol. The van der Waals surface area contributed by atoms with Crippen LogP contribution in [0.1, 0.15) is 39.8 Å². The molecule has 0 fully saturated rings. The summed E-state index contributed by atoms with van der Waals surface area (Å²) in [6.45, 7) is 4.56. The number of carbonyl (C=O) groups excluding carboxylic acids is 1. The molecule has 4 nitrogen and oxygen atoms in total. The number of rotatable bonds is 1. The standard InChI is InChI=1S/C13H14N2O2S/c1-8-10-4-6-18-12(10)3-5-15(8)13(16)11-7-17-9(2)14-11/h4,6-8H,3,5H2,1-2H3/t8-/m1/s1. The maximum absolute atomic E-state index is 12.4. The second kappa shape index (κ2) is 4.24. The fraction of sp³-hybridized carbons (Fsp3) is 0.385. The molecule has 0 spiro atoms. The van der Waals surface area contributed by atoms with Crippen molar-refractivity contribution in [2.45, 2.75) is 26.3 Å². The van der Waals surface area contributed by atoms with Crippen molar-refractivity contribution in [3.05, 3.63) is 39.7 Å². The largest absolute Gasteiger partial charge is 0.448 e. The second-order valence-electron chi connectivity index (χ2n) is 4.48. The molecule has 0 unspecified atom stereocenters. The van der Waals surface area contributed by atoms with Gasteiger partial charge in [0.05, 0.1) is 6.04 Å². The Labute approximate surface area is 109 Å². The predicted molar refractivity (Wildman–Crippen MR) is 68.7 cm³/mol. The number of oxazole rings is 1. The highest BCUT2D eigenvalue weighted by Crippen LogP contribution is 2.33. The van der Waals surface area contributed by atoms with Crippen LogP contribution in [0.25, 0.3) is 0 Å². The van der Waals surface area contributed by atoms with Gasteiger partial charge in [0.25, 0.3) is 5.91 Å². The van der Waals surface area contributed by atoms with Crippen LogP contribution >= 0.6 is 11.3 Å². The first-order valence-corrected chi connectivity index (χ1v) is 6.84. The number of aromatic nitrogens is 1. The Balaban J connectivity index is 1.88. The Morgan fingerprint density at radius 1 is 1.61 bits per heavy atom. The van der Waals surface area contributed by atoms with E-state index in [-0.39, 0.29) is 11.9 Å². The average Bonchev–Trinajstić information content (AvgIpc) is 2.97. The van der Waals surface area contributed by atoms with Gasteiger partial charge in [0, 0.05) is 18.3 Å². The average molecular weight is 262 g/mol. The van der Waals surface area contributed by atoms with Gasteiger partial charge in [0.2, 0.25) is 0 Å². The lowest BCUT2D eigenvalue weighted by molar-refractivity contribution is 0.0673. The third kappa shape index (κ3) is 1.75. The van der Waals surface area contributed by atoms with E-state index in [0.717, 1.165) is 13.0 Å². The molecule has 18 heavy (non-hydrogen) atoms. The smallest absolute Gasteiger partial charge is 0.276 e. The lowest BCUT2D eigenvalue weighted by Gasteiger charge is -2.33. The maximum atomic E-state index is 12.4. The Morgan fingerprint density at radius 2 is 2.44 bits per heavy atom. The van der Waals surface area contributed by atoms with E-state index < -0.39 is 0 Å². The molecule has 2 aromatic heterocycles. The molecule has 5 heteroatoms. The van der Waals surface area contributed by atoms with E-state index in [1.807, 2.05) is 4.90 Å². The Kier molecular flexibility index (Phi) is 2.70. The van der Waals surface area contributed by atoms with Crippen LogP contribution in [-0.2, 0) is 6.42 Å². The highest BCUT2D eigenvalue weighted by atomic mass is 32.1. The van der Waals surface area contributed by atoms with Crippen molar-refractivity contribution < 1.29 is 9.21 Å². The third-order valence-electron chi connectivity index (χ3n) is 3.38. The summed E-state index contributed by atoms with van der Waals surface area (Å²) in [5.74, 6) is 0.482. The van der Waals surface area contributed by atoms with Crippen LogP contribution < -0.4 is 0 Å². The number of amides is 1. The van der Waals surface area contributed by atoms with Gasteiger partial charge in [-0.15, -0.1) is 11.3 Å². The van der Waals surface area contributed by atoms with Crippen LogP contribution in [0.4, 0.5) is 0 Å². The van der Waals surface area contributed by atoms with E-state index in [1.165, 1.54) is 16.7 Å². The van der Waals surface area contributed by atoms with Crippen LogP contribution in [-0.4, -0.2) is 22.3 Å². The van der Waals surface area contributed by atoms with Crippen molar-refractivity contribution in [2.75, 3.05) is 6.54 Å². The molecule has 3 rings (SSSR count). The fourth-order valence-electron chi connectivity index (χ4n) is 2.40. The number of carbonyl (C=O) groups is 1. The van der Waals surface area contributed by atoms with Crippen molar-refractivity contribution in [3.8, 4) is 0 Å². The number of thiophene rings is 1. The molecule has 1 amide bonds. The highest BCUT2D eigenvalue weighted by molar-refractivity contribution is 7.10. The zero-order chi connectivity index (χ0) is 12.7. The summed E-state index contributed by atoms with van der Waals surface area (Å²) < 4.78 is 5.11. The van der Waals surface area contributed by atoms with Gasteiger partial charge in [-0.3, -0.25) is 4.79 Å². The summed E-state index contributed by atoms with van der Waals surface area (Å²) in [6, 6.07) is 2.22. The van der Waals surface area contributed by atoms with Crippen molar-refractivity contribution in [3.63, 3.8) is 0 Å². The third-order valence-corrected chi connectivity index (χ3v) is 4.37. The molecule has 0 aromatic carbocycles. The molecule has 2 aromatic rings. The zero-order valence-electron chi connectivity index (χ0n) is 10.3. The molecule has 0 radical (unpaired) electrons. The molecule has 0 saturated heterocycles. The number of fused-ring (bicyclic) bond motifs is 1. The molecule has 94 valence electrons. The molecule has 0 bridgehead atoms. The Morgan fingerprint density at radius 3 is 3.17 bits per heavy atom. The number of hydrogen-bond acceptors (Lipinski definition) is 4. The zero-order valence-corrected chi connectivity index (χ0v) is 11.2. The summed E-state index contributed by atoms with van der Waals surface area (Å²) in [7, 11) is 0. The molecule has 1 aliphatic heterocycles. The van der Waals surface area contributed by atoms with E-state index in [4.69, 9.17) is 4.42 Å². The minimum Gasteiger partial charge on any atom is -0.448 e. The van der Waals surface area contributed by atoms with Gasteiger partial charge >= 0.3 is 0 Å². The molecule has 3 heterocycles. The van der Waals surface area contributed by atoms with Crippen molar-refractivity contribution >= 4 is 17.2 Å². The van der Waals surface area contributed by atoms with Crippen LogP contribution in [0.3, 0.4) is 0 Å². The SMILES string of the molecule is Cc1nc(C(=O)N2CCc3sccc3[C@H]2C)co1. The van der Waals surface area contributed by atoms with Crippen LogP contribution in [0.5, 0.6) is 0 Å². The molecular weight excluding hydrogens is 248 g/mol. The van der Waals surface area contributed by atoms with E-state index in [1.54, 1.807) is 18.3 Å². The number of nitrogens with zero attached hydrogens (tertiary/aromatic N) is 2. The summed E-state index contributed by atoms with van der Waals surface area (Å²) >= 11 is 1.77. The van der Waals surface area contributed by atoms with E-state index in [0.29, 0.717) is 11.6 Å². The van der Waals surface area contributed by atoms with Crippen molar-refractivity contribution in [2.24, 2.45) is 0 Å². The van der Waals surface area contributed by atoms with E-state index >= 15 is 0 Å². The summed E-state index contributed by atoms with van der Waals surface area (Å²) in [5.41, 5.74) is 1.66. The number of hydrogen-bond donors (Lipinski definition) is 0. The summed E-state index contributed by atoms with van der Waals surface area (Å²) in [4.78, 5) is 19.7. The lowest BCUT2D eigenvalue weighted by Crippen LogP contribution is -2.38. The number of aryl methyl sites for hydroxylation is 1. The van der Waals surface area contributed by atoms with Gasteiger partial charge in [-0.2, -0.15) is 0 Å². The first-order chi connectivity index (χ1) is 8.66. The van der Waals surface area contributed by atoms with Crippen molar-refractivity contribution in [1.82, 2.24) is 9.88 Å². The van der Waals surface area contributed by atoms with Gasteiger partial charge < -0.3 is 9.32 Å². The van der Waals surface area contributed by atoms with E-state index in [2.05, 4.69) is 23.4 Å². The Hall–Kier alpha value is -1.62. The molecule has 0 aliphatic carbocycles. The van der Waals surface area contributed by atoms with Crippen molar-refractivity contribution in [1.29, 1.82) is 0 Å². The fourth-order valence-corrected chi connectivity index (χ4v) is 3.36. The molecule has 0 N–H and O–H groups in total. The van der Waals surface area contributed by atoms with Gasteiger partial charge in [-0.25, -0.2) is 4.98 Å². The molecule has 0 saturated carbocycles. The maximum Gasteiger partial charge on any atom is 0.276 e. The first-order valence-electron chi connectivity index (χ1n) is 5.96. The van der Waals surface area contributed by atoms with Gasteiger partial charge in [0.15, 0.2) is 11.6 Å². The predicted octanol–water partition coefficient (Wildman–Crippen LogP) is 2.80. The van der Waals surface area contributed by atoms with Gasteiger partial charge in [0.1, 0.15) is 6.26 Å². The first kappa shape index (κ1) is 11.5. The van der Waals surface area contributed by atoms with Gasteiger partial charge in [-0.05, 0) is 30.4 Å². The summed E-state index contributed by atoms with van der Waals surface area (Å²) in [5, 5.41) is 2.09. The topological polar surface area (TPSA) is 46.3 Å². The minimum atomic E-state index is -0.0452. The van der Waals surface area contributed by atoms with Crippen LogP contribution in [0.15, 0.2) is 22.1 Å². The Bertz CT molecular complexity index is 587. The lowest BCUT2D eigenvalue weighted by atomic mass is 10.0. The van der Waals surface area contributed by atoms with E-state index in [9.17, 15) is 4.79 Å². The normalized spacial score (nSPS) is 18.8. The quantitative estimate of drug-likeness (QED) is 0.794. The highest BCUT2D eigenvalue weighted by Gasteiger charge is 2.30. The van der Waals surface area contributed by atoms with Gasteiger partial charge in [-0.1, -0.05) is 0 Å². The molecule has 1 aliphatic rings. The van der Waals surface area contributed by atoms with Crippen LogP contribution in [0.2, 0.25) is 0 Å². The minimum absolute atomic E-state index is 0.0452. The second-order valence-corrected chi connectivity index (χ2v) is 5.48.